The molecule has 26 heavy (non-hydrogen) atoms. The van der Waals surface area contributed by atoms with Crippen LogP contribution in [-0.4, -0.2) is 33.4 Å². The molecule has 0 bridgehead atoms. The summed E-state index contributed by atoms with van der Waals surface area (Å²) in [4.78, 5) is 27.7. The second-order valence-electron chi connectivity index (χ2n) is 7.44. The smallest absolute Gasteiger partial charge is 0.338 e. The van der Waals surface area contributed by atoms with Gasteiger partial charge in [0.15, 0.2) is 0 Å². The Morgan fingerprint density at radius 3 is 2.77 bits per heavy atom. The van der Waals surface area contributed by atoms with Crippen LogP contribution in [0.1, 0.15) is 44.7 Å². The monoisotopic (exact) mass is 354 g/mol. The van der Waals surface area contributed by atoms with Crippen molar-refractivity contribution in [3.05, 3.63) is 46.8 Å². The fourth-order valence-corrected chi connectivity index (χ4v) is 4.48. The minimum absolute atomic E-state index is 0.109. The highest BCUT2D eigenvalue weighted by molar-refractivity contribution is 5.89. The summed E-state index contributed by atoms with van der Waals surface area (Å²) >= 11 is 0. The van der Waals surface area contributed by atoms with Crippen molar-refractivity contribution in [2.45, 2.75) is 44.7 Å². The molecule has 6 heteroatoms. The van der Waals surface area contributed by atoms with E-state index in [0.717, 1.165) is 45.2 Å². The SMILES string of the molecule is NC(=O)n1c2ccccc2c(=O)n1C1CCCCN1CC1CC=CCC1. The van der Waals surface area contributed by atoms with Crippen molar-refractivity contribution < 1.29 is 4.79 Å². The molecular weight excluding hydrogens is 328 g/mol. The van der Waals surface area contributed by atoms with Crippen LogP contribution >= 0.6 is 0 Å². The molecule has 1 aliphatic heterocycles. The van der Waals surface area contributed by atoms with Crippen molar-refractivity contribution in [2.75, 3.05) is 13.1 Å². The lowest BCUT2D eigenvalue weighted by atomic mass is 9.93. The number of primary amides is 1. The molecule has 2 unspecified atom stereocenters. The molecule has 2 N–H and O–H groups in total. The number of allylic oxidation sites excluding steroid dienone is 2. The van der Waals surface area contributed by atoms with Gasteiger partial charge < -0.3 is 5.73 Å². The van der Waals surface area contributed by atoms with E-state index in [4.69, 9.17) is 5.73 Å². The summed E-state index contributed by atoms with van der Waals surface area (Å²) in [6.07, 6.45) is 10.9. The number of likely N-dealkylation sites (tertiary alicyclic amines) is 1. The van der Waals surface area contributed by atoms with E-state index >= 15 is 0 Å². The Hall–Kier alpha value is -2.34. The van der Waals surface area contributed by atoms with Crippen LogP contribution in [0.15, 0.2) is 41.2 Å². The Morgan fingerprint density at radius 1 is 1.15 bits per heavy atom. The Labute approximate surface area is 152 Å². The lowest BCUT2D eigenvalue weighted by Crippen LogP contribution is -2.46. The van der Waals surface area contributed by atoms with E-state index in [2.05, 4.69) is 17.1 Å². The molecule has 1 aromatic carbocycles. The van der Waals surface area contributed by atoms with E-state index in [-0.39, 0.29) is 11.7 Å². The molecule has 6 nitrogen and oxygen atoms in total. The summed E-state index contributed by atoms with van der Waals surface area (Å²) in [5.74, 6) is 0.614. The molecule has 2 atom stereocenters. The molecule has 2 aliphatic rings. The van der Waals surface area contributed by atoms with Crippen molar-refractivity contribution in [1.82, 2.24) is 14.3 Å². The summed E-state index contributed by atoms with van der Waals surface area (Å²) in [5, 5.41) is 0.553. The number of aromatic nitrogens is 2. The number of nitrogens with two attached hydrogens (primary N) is 1. The zero-order valence-corrected chi connectivity index (χ0v) is 15.0. The first-order valence-corrected chi connectivity index (χ1v) is 9.58. The van der Waals surface area contributed by atoms with Gasteiger partial charge in [-0.2, -0.15) is 4.68 Å². The van der Waals surface area contributed by atoms with E-state index < -0.39 is 6.03 Å². The second-order valence-corrected chi connectivity index (χ2v) is 7.44. The average Bonchev–Trinajstić information content (AvgIpc) is 2.96. The normalized spacial score (nSPS) is 24.2. The van der Waals surface area contributed by atoms with E-state index in [9.17, 15) is 9.59 Å². The van der Waals surface area contributed by atoms with Crippen LogP contribution < -0.4 is 11.3 Å². The van der Waals surface area contributed by atoms with Crippen LogP contribution in [-0.2, 0) is 0 Å². The summed E-state index contributed by atoms with van der Waals surface area (Å²) in [6.45, 7) is 1.92. The van der Waals surface area contributed by atoms with Crippen molar-refractivity contribution >= 4 is 16.9 Å². The number of amides is 1. The number of nitrogens with zero attached hydrogens (tertiary/aromatic N) is 3. The van der Waals surface area contributed by atoms with Gasteiger partial charge in [0.1, 0.15) is 6.17 Å². The van der Waals surface area contributed by atoms with Gasteiger partial charge in [-0.1, -0.05) is 24.3 Å². The lowest BCUT2D eigenvalue weighted by molar-refractivity contribution is 0.0593. The summed E-state index contributed by atoms with van der Waals surface area (Å²) in [5.41, 5.74) is 6.14. The second kappa shape index (κ2) is 7.11. The summed E-state index contributed by atoms with van der Waals surface area (Å²) in [6, 6.07) is 6.61. The standard InChI is InChI=1S/C20H26N4O2/c21-20(26)23-17-11-5-4-10-16(17)19(25)24(23)18-12-6-7-13-22(18)14-15-8-2-1-3-9-15/h1-2,4-5,10-11,15,18H,3,6-9,12-14H2,(H2,21,26). The first-order valence-electron chi connectivity index (χ1n) is 9.58. The highest BCUT2D eigenvalue weighted by Gasteiger charge is 2.31. The van der Waals surface area contributed by atoms with E-state index in [0.29, 0.717) is 16.8 Å². The molecule has 2 aromatic rings. The van der Waals surface area contributed by atoms with Gasteiger partial charge in [-0.05, 0) is 56.6 Å². The molecule has 1 aliphatic carbocycles. The van der Waals surface area contributed by atoms with Gasteiger partial charge in [0.05, 0.1) is 10.9 Å². The maximum Gasteiger partial charge on any atom is 0.338 e. The molecule has 0 radical (unpaired) electrons. The van der Waals surface area contributed by atoms with Crippen molar-refractivity contribution in [2.24, 2.45) is 11.7 Å². The molecule has 0 spiro atoms. The number of fused-ring (bicyclic) bond motifs is 1. The molecule has 1 aromatic heterocycles. The number of carbonyl (C=O) groups excluding carboxylic acids is 1. The fourth-order valence-electron chi connectivity index (χ4n) is 4.48. The van der Waals surface area contributed by atoms with Crippen molar-refractivity contribution in [3.63, 3.8) is 0 Å². The maximum absolute atomic E-state index is 13.1. The zero-order chi connectivity index (χ0) is 18.1. The Balaban J connectivity index is 1.75. The Morgan fingerprint density at radius 2 is 2.00 bits per heavy atom. The number of piperidine rings is 1. The quantitative estimate of drug-likeness (QED) is 0.861. The van der Waals surface area contributed by atoms with Gasteiger partial charge >= 0.3 is 6.03 Å². The van der Waals surface area contributed by atoms with Crippen LogP contribution in [0.5, 0.6) is 0 Å². The van der Waals surface area contributed by atoms with E-state index in [1.807, 2.05) is 12.1 Å². The maximum atomic E-state index is 13.1. The number of para-hydroxylation sites is 1. The van der Waals surface area contributed by atoms with Crippen molar-refractivity contribution in [1.29, 1.82) is 0 Å². The third-order valence-corrected chi connectivity index (χ3v) is 5.73. The molecule has 1 amide bonds. The number of hydrogen-bond donors (Lipinski definition) is 1. The minimum Gasteiger partial charge on any atom is -0.350 e. The van der Waals surface area contributed by atoms with E-state index in [1.165, 1.54) is 11.1 Å². The Bertz CT molecular complexity index is 895. The zero-order valence-electron chi connectivity index (χ0n) is 15.0. The first-order chi connectivity index (χ1) is 12.7. The largest absolute Gasteiger partial charge is 0.350 e. The topological polar surface area (TPSA) is 73.3 Å². The van der Waals surface area contributed by atoms with Gasteiger partial charge in [0.25, 0.3) is 5.56 Å². The van der Waals surface area contributed by atoms with Crippen LogP contribution in [0.25, 0.3) is 10.9 Å². The lowest BCUT2D eigenvalue weighted by Gasteiger charge is -2.39. The fraction of sp³-hybridized carbons (Fsp3) is 0.500. The molecule has 1 saturated heterocycles. The predicted molar refractivity (Wildman–Crippen MR) is 102 cm³/mol. The summed E-state index contributed by atoms with van der Waals surface area (Å²) < 4.78 is 2.98. The molecule has 4 rings (SSSR count). The van der Waals surface area contributed by atoms with Gasteiger partial charge in [-0.25, -0.2) is 9.48 Å². The van der Waals surface area contributed by atoms with Crippen LogP contribution in [0.3, 0.4) is 0 Å². The number of rotatable bonds is 3. The number of hydrogen-bond acceptors (Lipinski definition) is 3. The minimum atomic E-state index is -0.602. The highest BCUT2D eigenvalue weighted by Crippen LogP contribution is 2.30. The van der Waals surface area contributed by atoms with Gasteiger partial charge in [0.2, 0.25) is 0 Å². The summed E-state index contributed by atoms with van der Waals surface area (Å²) in [7, 11) is 0. The van der Waals surface area contributed by atoms with Crippen LogP contribution in [0.2, 0.25) is 0 Å². The van der Waals surface area contributed by atoms with E-state index in [1.54, 1.807) is 16.8 Å². The molecule has 0 saturated carbocycles. The van der Waals surface area contributed by atoms with Gasteiger partial charge in [-0.3, -0.25) is 9.69 Å². The Kier molecular flexibility index (Phi) is 4.68. The highest BCUT2D eigenvalue weighted by atomic mass is 16.2. The predicted octanol–water partition coefficient (Wildman–Crippen LogP) is 3.07. The molecule has 2 heterocycles. The third kappa shape index (κ3) is 2.98. The molecule has 138 valence electrons. The number of carbonyl (C=O) groups is 1. The average molecular weight is 354 g/mol. The molecular formula is C20H26N4O2. The number of benzene rings is 1. The van der Waals surface area contributed by atoms with Crippen LogP contribution in [0.4, 0.5) is 4.79 Å². The van der Waals surface area contributed by atoms with Gasteiger partial charge in [0, 0.05) is 13.1 Å². The molecule has 1 fully saturated rings. The third-order valence-electron chi connectivity index (χ3n) is 5.73. The van der Waals surface area contributed by atoms with Gasteiger partial charge in [-0.15, -0.1) is 0 Å². The van der Waals surface area contributed by atoms with Crippen LogP contribution in [0, 0.1) is 5.92 Å². The first kappa shape index (κ1) is 17.1. The van der Waals surface area contributed by atoms with Crippen molar-refractivity contribution in [3.8, 4) is 0 Å².